The molecule has 0 aliphatic heterocycles. The normalized spacial score (nSPS) is 10.3. The van der Waals surface area contributed by atoms with Crippen molar-refractivity contribution in [3.63, 3.8) is 0 Å². The fraction of sp³-hybridized carbons (Fsp3) is 0.111. The Hall–Kier alpha value is -3.08. The van der Waals surface area contributed by atoms with Gasteiger partial charge in [0.15, 0.2) is 0 Å². The molecule has 0 saturated carbocycles. The van der Waals surface area contributed by atoms with Crippen LogP contribution in [0.4, 0.5) is 11.4 Å². The first-order valence-electron chi connectivity index (χ1n) is 7.28. The van der Waals surface area contributed by atoms with Crippen LogP contribution in [0.15, 0.2) is 60.8 Å². The monoisotopic (exact) mass is 307 g/mol. The number of carbonyl (C=O) groups excluding carboxylic acids is 1. The lowest BCUT2D eigenvalue weighted by Crippen LogP contribution is -2.21. The van der Waals surface area contributed by atoms with E-state index in [1.807, 2.05) is 54.6 Å². The van der Waals surface area contributed by atoms with Gasteiger partial charge in [0, 0.05) is 17.3 Å². The molecule has 0 fully saturated rings. The zero-order valence-corrected chi connectivity index (χ0v) is 12.7. The molecule has 0 unspecified atom stereocenters. The van der Waals surface area contributed by atoms with Crippen LogP contribution >= 0.6 is 0 Å². The second kappa shape index (κ2) is 6.79. The number of pyridine rings is 1. The third kappa shape index (κ3) is 3.58. The van der Waals surface area contributed by atoms with Crippen LogP contribution in [-0.2, 0) is 4.79 Å². The summed E-state index contributed by atoms with van der Waals surface area (Å²) in [7, 11) is 1.62. The van der Waals surface area contributed by atoms with E-state index < -0.39 is 0 Å². The van der Waals surface area contributed by atoms with E-state index in [1.54, 1.807) is 13.3 Å². The van der Waals surface area contributed by atoms with Crippen molar-refractivity contribution in [1.82, 2.24) is 4.98 Å². The highest BCUT2D eigenvalue weighted by molar-refractivity contribution is 6.01. The molecule has 116 valence electrons. The fourth-order valence-electron chi connectivity index (χ4n) is 2.29. The number of hydrogen-bond acceptors (Lipinski definition) is 4. The first-order valence-corrected chi connectivity index (χ1v) is 7.28. The smallest absolute Gasteiger partial charge is 0.243 e. The van der Waals surface area contributed by atoms with Gasteiger partial charge in [-0.25, -0.2) is 0 Å². The lowest BCUT2D eigenvalue weighted by Gasteiger charge is -2.10. The number of hydrogen-bond donors (Lipinski definition) is 2. The summed E-state index contributed by atoms with van der Waals surface area (Å²) in [6, 6.07) is 17.0. The summed E-state index contributed by atoms with van der Waals surface area (Å²) in [5, 5.41) is 6.96. The van der Waals surface area contributed by atoms with Gasteiger partial charge in [-0.15, -0.1) is 0 Å². The van der Waals surface area contributed by atoms with Crippen molar-refractivity contribution >= 4 is 28.2 Å². The number of ether oxygens (including phenoxy) is 1. The maximum Gasteiger partial charge on any atom is 0.243 e. The second-order valence-electron chi connectivity index (χ2n) is 5.01. The SMILES string of the molecule is COc1ccc(NCC(=O)Nc2cccc3cccnc23)cc1. The van der Waals surface area contributed by atoms with Crippen LogP contribution in [0.3, 0.4) is 0 Å². The van der Waals surface area contributed by atoms with Crippen molar-refractivity contribution < 1.29 is 9.53 Å². The minimum absolute atomic E-state index is 0.126. The van der Waals surface area contributed by atoms with Gasteiger partial charge in [-0.1, -0.05) is 18.2 Å². The van der Waals surface area contributed by atoms with Gasteiger partial charge in [-0.2, -0.15) is 0 Å². The minimum Gasteiger partial charge on any atom is -0.497 e. The molecule has 0 bridgehead atoms. The lowest BCUT2D eigenvalue weighted by molar-refractivity contribution is -0.114. The summed E-state index contributed by atoms with van der Waals surface area (Å²) < 4.78 is 5.10. The van der Waals surface area contributed by atoms with E-state index in [2.05, 4.69) is 15.6 Å². The molecule has 2 aromatic carbocycles. The zero-order chi connectivity index (χ0) is 16.1. The first-order chi connectivity index (χ1) is 11.3. The third-order valence-electron chi connectivity index (χ3n) is 3.45. The van der Waals surface area contributed by atoms with Crippen LogP contribution in [0.1, 0.15) is 0 Å². The minimum atomic E-state index is -0.126. The summed E-state index contributed by atoms with van der Waals surface area (Å²) in [5.41, 5.74) is 2.36. The maximum absolute atomic E-state index is 12.1. The van der Waals surface area contributed by atoms with E-state index in [4.69, 9.17) is 4.74 Å². The van der Waals surface area contributed by atoms with Gasteiger partial charge >= 0.3 is 0 Å². The molecule has 0 spiro atoms. The Labute approximate surface area is 134 Å². The molecular weight excluding hydrogens is 290 g/mol. The van der Waals surface area contributed by atoms with Gasteiger partial charge in [0.2, 0.25) is 5.91 Å². The highest BCUT2D eigenvalue weighted by Crippen LogP contribution is 2.20. The molecule has 5 heteroatoms. The Morgan fingerprint density at radius 1 is 1.09 bits per heavy atom. The number of methoxy groups -OCH3 is 1. The summed E-state index contributed by atoms with van der Waals surface area (Å²) in [5.74, 6) is 0.654. The van der Waals surface area contributed by atoms with E-state index in [-0.39, 0.29) is 12.5 Å². The Bertz CT molecular complexity index is 811. The Kier molecular flexibility index (Phi) is 4.38. The number of anilines is 2. The number of amides is 1. The van der Waals surface area contributed by atoms with Gasteiger partial charge in [0.1, 0.15) is 5.75 Å². The van der Waals surface area contributed by atoms with Crippen LogP contribution in [0.2, 0.25) is 0 Å². The number of para-hydroxylation sites is 1. The molecule has 0 atom stereocenters. The molecule has 1 aromatic heterocycles. The number of nitrogens with one attached hydrogen (secondary N) is 2. The summed E-state index contributed by atoms with van der Waals surface area (Å²) in [6.45, 7) is 0.176. The van der Waals surface area contributed by atoms with Crippen LogP contribution < -0.4 is 15.4 Å². The Morgan fingerprint density at radius 3 is 2.65 bits per heavy atom. The Balaban J connectivity index is 1.64. The van der Waals surface area contributed by atoms with E-state index >= 15 is 0 Å². The summed E-state index contributed by atoms with van der Waals surface area (Å²) in [6.07, 6.45) is 1.72. The molecule has 2 N–H and O–H groups in total. The molecule has 0 saturated heterocycles. The molecule has 0 aliphatic rings. The zero-order valence-electron chi connectivity index (χ0n) is 12.7. The number of fused-ring (bicyclic) bond motifs is 1. The maximum atomic E-state index is 12.1. The van der Waals surface area contributed by atoms with Gasteiger partial charge in [0.05, 0.1) is 24.9 Å². The quantitative estimate of drug-likeness (QED) is 0.759. The van der Waals surface area contributed by atoms with Crippen LogP contribution in [0.5, 0.6) is 5.75 Å². The topological polar surface area (TPSA) is 63.2 Å². The molecule has 3 rings (SSSR count). The van der Waals surface area contributed by atoms with Gasteiger partial charge in [-0.3, -0.25) is 9.78 Å². The highest BCUT2D eigenvalue weighted by Gasteiger charge is 2.06. The third-order valence-corrected chi connectivity index (χ3v) is 3.45. The highest BCUT2D eigenvalue weighted by atomic mass is 16.5. The van der Waals surface area contributed by atoms with Crippen LogP contribution in [0.25, 0.3) is 10.9 Å². The van der Waals surface area contributed by atoms with Gasteiger partial charge < -0.3 is 15.4 Å². The molecule has 1 heterocycles. The van der Waals surface area contributed by atoms with Crippen LogP contribution in [-0.4, -0.2) is 24.5 Å². The predicted molar refractivity (Wildman–Crippen MR) is 91.9 cm³/mol. The van der Waals surface area contributed by atoms with Crippen molar-refractivity contribution in [2.75, 3.05) is 24.3 Å². The fourth-order valence-corrected chi connectivity index (χ4v) is 2.29. The molecule has 1 amide bonds. The summed E-state index contributed by atoms with van der Waals surface area (Å²) >= 11 is 0. The molecule has 3 aromatic rings. The summed E-state index contributed by atoms with van der Waals surface area (Å²) in [4.78, 5) is 16.4. The first kappa shape index (κ1) is 14.8. The number of aromatic nitrogens is 1. The average Bonchev–Trinajstić information content (AvgIpc) is 2.61. The number of benzene rings is 2. The number of nitrogens with zero attached hydrogens (tertiary/aromatic N) is 1. The van der Waals surface area contributed by atoms with E-state index in [0.29, 0.717) is 5.69 Å². The van der Waals surface area contributed by atoms with Crippen LogP contribution in [0, 0.1) is 0 Å². The van der Waals surface area contributed by atoms with Crippen molar-refractivity contribution in [2.45, 2.75) is 0 Å². The number of rotatable bonds is 5. The second-order valence-corrected chi connectivity index (χ2v) is 5.01. The molecule has 5 nitrogen and oxygen atoms in total. The average molecular weight is 307 g/mol. The molecule has 0 radical (unpaired) electrons. The van der Waals surface area contributed by atoms with E-state index in [0.717, 1.165) is 22.3 Å². The molecule has 23 heavy (non-hydrogen) atoms. The van der Waals surface area contributed by atoms with E-state index in [9.17, 15) is 4.79 Å². The standard InChI is InChI=1S/C18H17N3O2/c1-23-15-9-7-14(8-10-15)20-12-17(22)21-16-6-2-4-13-5-3-11-19-18(13)16/h2-11,20H,12H2,1H3,(H,21,22). The van der Waals surface area contributed by atoms with Crippen molar-refractivity contribution in [3.05, 3.63) is 60.8 Å². The lowest BCUT2D eigenvalue weighted by atomic mass is 10.2. The predicted octanol–water partition coefficient (Wildman–Crippen LogP) is 3.29. The van der Waals surface area contributed by atoms with Gasteiger partial charge in [0.25, 0.3) is 0 Å². The Morgan fingerprint density at radius 2 is 1.87 bits per heavy atom. The van der Waals surface area contributed by atoms with Crippen molar-refractivity contribution in [3.8, 4) is 5.75 Å². The van der Waals surface area contributed by atoms with E-state index in [1.165, 1.54) is 0 Å². The number of carbonyl (C=O) groups is 1. The van der Waals surface area contributed by atoms with Gasteiger partial charge in [-0.05, 0) is 36.4 Å². The molecular formula is C18H17N3O2. The molecule has 0 aliphatic carbocycles. The van der Waals surface area contributed by atoms with Crippen molar-refractivity contribution in [2.24, 2.45) is 0 Å². The largest absolute Gasteiger partial charge is 0.497 e. The van der Waals surface area contributed by atoms with Crippen molar-refractivity contribution in [1.29, 1.82) is 0 Å².